The third-order valence-corrected chi connectivity index (χ3v) is 3.49. The molecule has 0 heterocycles. The Labute approximate surface area is 98.0 Å². The van der Waals surface area contributed by atoms with Crippen molar-refractivity contribution in [2.45, 2.75) is 69.6 Å². The van der Waals surface area contributed by atoms with E-state index in [9.17, 15) is 10.2 Å². The summed E-state index contributed by atoms with van der Waals surface area (Å²) < 4.78 is 0. The summed E-state index contributed by atoms with van der Waals surface area (Å²) in [6.07, 6.45) is 5.15. The van der Waals surface area contributed by atoms with Gasteiger partial charge < -0.3 is 15.9 Å². The lowest BCUT2D eigenvalue weighted by molar-refractivity contribution is -0.0822. The van der Waals surface area contributed by atoms with Gasteiger partial charge in [0.05, 0.1) is 11.1 Å². The molecule has 1 aliphatic rings. The molecule has 3 heteroatoms. The summed E-state index contributed by atoms with van der Waals surface area (Å²) in [5.74, 6) is 5.70. The summed E-state index contributed by atoms with van der Waals surface area (Å²) in [6.45, 7) is 4.61. The first-order valence-electron chi connectivity index (χ1n) is 5.94. The zero-order valence-electron chi connectivity index (χ0n) is 10.5. The van der Waals surface area contributed by atoms with Crippen LogP contribution in [0, 0.1) is 11.8 Å². The monoisotopic (exact) mass is 225 g/mol. The summed E-state index contributed by atoms with van der Waals surface area (Å²) in [5, 5.41) is 19.8. The van der Waals surface area contributed by atoms with Crippen molar-refractivity contribution in [3.05, 3.63) is 0 Å². The van der Waals surface area contributed by atoms with E-state index in [0.717, 1.165) is 25.7 Å². The quantitative estimate of drug-likeness (QED) is 0.587. The van der Waals surface area contributed by atoms with Crippen molar-refractivity contribution in [2.75, 3.05) is 0 Å². The highest BCUT2D eigenvalue weighted by Crippen LogP contribution is 2.26. The highest BCUT2D eigenvalue weighted by atomic mass is 16.3. The van der Waals surface area contributed by atoms with Crippen molar-refractivity contribution in [2.24, 2.45) is 5.73 Å². The highest BCUT2D eigenvalue weighted by Gasteiger charge is 2.36. The first-order chi connectivity index (χ1) is 7.16. The Morgan fingerprint density at radius 2 is 1.56 bits per heavy atom. The molecule has 0 amide bonds. The molecule has 1 unspecified atom stereocenters. The maximum Gasteiger partial charge on any atom is 0.150 e. The molecule has 4 N–H and O–H groups in total. The number of hydrogen-bond donors (Lipinski definition) is 3. The molecule has 1 fully saturated rings. The maximum atomic E-state index is 10.0. The number of aliphatic hydroxyl groups is 2. The second kappa shape index (κ2) is 4.37. The van der Waals surface area contributed by atoms with E-state index in [4.69, 9.17) is 5.73 Å². The van der Waals surface area contributed by atoms with E-state index >= 15 is 0 Å². The Bertz CT molecular complexity index is 298. The minimum absolute atomic E-state index is 0.479. The van der Waals surface area contributed by atoms with E-state index < -0.39 is 16.7 Å². The minimum Gasteiger partial charge on any atom is -0.386 e. The van der Waals surface area contributed by atoms with E-state index in [-0.39, 0.29) is 0 Å². The molecule has 1 rings (SSSR count). The number of hydrogen-bond acceptors (Lipinski definition) is 3. The van der Waals surface area contributed by atoms with Gasteiger partial charge in [0.15, 0.2) is 5.60 Å². The Kier molecular flexibility index (Phi) is 3.69. The van der Waals surface area contributed by atoms with Gasteiger partial charge in [0.2, 0.25) is 0 Å². The van der Waals surface area contributed by atoms with E-state index in [0.29, 0.717) is 0 Å². The summed E-state index contributed by atoms with van der Waals surface area (Å²) >= 11 is 0. The standard InChI is InChI=1S/C13H23NO2/c1-11(2,15)12(3,16)9-10-13(14)7-5-4-6-8-13/h15-16H,4-8,14H2,1-3H3. The molecule has 0 saturated heterocycles. The van der Waals surface area contributed by atoms with Crippen molar-refractivity contribution in [1.82, 2.24) is 0 Å². The first kappa shape index (κ1) is 13.5. The molecule has 3 nitrogen and oxygen atoms in total. The van der Waals surface area contributed by atoms with Crippen molar-refractivity contribution in [3.63, 3.8) is 0 Å². The van der Waals surface area contributed by atoms with Crippen molar-refractivity contribution in [3.8, 4) is 11.8 Å². The SMILES string of the molecule is CC(C)(O)C(C)(O)C#CC1(N)CCCCC1. The van der Waals surface area contributed by atoms with Gasteiger partial charge in [-0.15, -0.1) is 0 Å². The Hall–Kier alpha value is -0.560. The molecule has 16 heavy (non-hydrogen) atoms. The lowest BCUT2D eigenvalue weighted by Gasteiger charge is -2.32. The summed E-state index contributed by atoms with van der Waals surface area (Å²) in [5.41, 5.74) is 3.00. The predicted octanol–water partition coefficient (Wildman–Crippen LogP) is 1.17. The van der Waals surface area contributed by atoms with Gasteiger partial charge in [-0.05, 0) is 33.6 Å². The molecule has 92 valence electrons. The third kappa shape index (κ3) is 3.21. The zero-order chi connectivity index (χ0) is 12.4. The van der Waals surface area contributed by atoms with Crippen molar-refractivity contribution >= 4 is 0 Å². The Morgan fingerprint density at radius 1 is 1.06 bits per heavy atom. The fraction of sp³-hybridized carbons (Fsp3) is 0.846. The molecule has 0 aromatic heterocycles. The summed E-state index contributed by atoms with van der Waals surface area (Å²) in [4.78, 5) is 0. The van der Waals surface area contributed by atoms with Gasteiger partial charge in [-0.2, -0.15) is 0 Å². The van der Waals surface area contributed by atoms with Gasteiger partial charge in [0.1, 0.15) is 0 Å². The lowest BCUT2D eigenvalue weighted by Crippen LogP contribution is -2.47. The number of nitrogens with two attached hydrogens (primary N) is 1. The second-order valence-electron chi connectivity index (χ2n) is 5.60. The largest absolute Gasteiger partial charge is 0.386 e. The molecule has 0 spiro atoms. The average molecular weight is 225 g/mol. The van der Waals surface area contributed by atoms with Crippen LogP contribution in [0.4, 0.5) is 0 Å². The van der Waals surface area contributed by atoms with Gasteiger partial charge in [-0.3, -0.25) is 0 Å². The van der Waals surface area contributed by atoms with Crippen LogP contribution in [0.5, 0.6) is 0 Å². The second-order valence-corrected chi connectivity index (χ2v) is 5.60. The smallest absolute Gasteiger partial charge is 0.150 e. The Balaban J connectivity index is 2.80. The fourth-order valence-corrected chi connectivity index (χ4v) is 1.71. The number of rotatable bonds is 1. The molecule has 1 saturated carbocycles. The highest BCUT2D eigenvalue weighted by molar-refractivity contribution is 5.25. The summed E-state index contributed by atoms with van der Waals surface area (Å²) in [6, 6.07) is 0. The zero-order valence-corrected chi connectivity index (χ0v) is 10.5. The van der Waals surface area contributed by atoms with E-state index in [2.05, 4.69) is 11.8 Å². The van der Waals surface area contributed by atoms with Gasteiger partial charge in [0, 0.05) is 0 Å². The van der Waals surface area contributed by atoms with Gasteiger partial charge in [-0.25, -0.2) is 0 Å². The van der Waals surface area contributed by atoms with Crippen molar-refractivity contribution < 1.29 is 10.2 Å². The van der Waals surface area contributed by atoms with Crippen LogP contribution in [0.15, 0.2) is 0 Å². The lowest BCUT2D eigenvalue weighted by atomic mass is 9.81. The van der Waals surface area contributed by atoms with Gasteiger partial charge in [-0.1, -0.05) is 31.1 Å². The van der Waals surface area contributed by atoms with Crippen LogP contribution in [-0.4, -0.2) is 27.0 Å². The molecular weight excluding hydrogens is 202 g/mol. The van der Waals surface area contributed by atoms with Crippen LogP contribution < -0.4 is 5.73 Å². The van der Waals surface area contributed by atoms with Crippen LogP contribution in [0.2, 0.25) is 0 Å². The van der Waals surface area contributed by atoms with Crippen LogP contribution in [-0.2, 0) is 0 Å². The molecule has 0 aliphatic heterocycles. The van der Waals surface area contributed by atoms with E-state index in [1.165, 1.54) is 13.3 Å². The van der Waals surface area contributed by atoms with E-state index in [1.54, 1.807) is 13.8 Å². The van der Waals surface area contributed by atoms with Crippen LogP contribution in [0.3, 0.4) is 0 Å². The summed E-state index contributed by atoms with van der Waals surface area (Å²) in [7, 11) is 0. The predicted molar refractivity (Wildman–Crippen MR) is 64.7 cm³/mol. The maximum absolute atomic E-state index is 10.0. The third-order valence-electron chi connectivity index (χ3n) is 3.49. The van der Waals surface area contributed by atoms with Crippen LogP contribution in [0.25, 0.3) is 0 Å². The average Bonchev–Trinajstić information content (AvgIpc) is 2.15. The molecule has 0 aromatic rings. The van der Waals surface area contributed by atoms with Crippen molar-refractivity contribution in [1.29, 1.82) is 0 Å². The van der Waals surface area contributed by atoms with Crippen LogP contribution in [0.1, 0.15) is 52.9 Å². The van der Waals surface area contributed by atoms with Gasteiger partial charge >= 0.3 is 0 Å². The molecule has 1 aliphatic carbocycles. The molecule has 0 radical (unpaired) electrons. The topological polar surface area (TPSA) is 66.5 Å². The molecule has 0 aromatic carbocycles. The normalized spacial score (nSPS) is 24.1. The van der Waals surface area contributed by atoms with E-state index in [1.807, 2.05) is 0 Å². The first-order valence-corrected chi connectivity index (χ1v) is 5.94. The minimum atomic E-state index is -1.42. The molecule has 0 bridgehead atoms. The Morgan fingerprint density at radius 3 is 2.00 bits per heavy atom. The fourth-order valence-electron chi connectivity index (χ4n) is 1.71. The van der Waals surface area contributed by atoms with Gasteiger partial charge in [0.25, 0.3) is 0 Å². The molecule has 1 atom stereocenters. The van der Waals surface area contributed by atoms with Crippen LogP contribution >= 0.6 is 0 Å². The molecular formula is C13H23NO2.